The van der Waals surface area contributed by atoms with Gasteiger partial charge in [-0.3, -0.25) is 4.90 Å². The maximum atomic E-state index is 13.2. The molecule has 3 rings (SSSR count). The quantitative estimate of drug-likeness (QED) is 0.644. The SMILES string of the molecule is CSc1ncc2c(n1)CCN(Cc1ccc(F)c(F)c1)C2. The molecule has 3 nitrogen and oxygen atoms in total. The van der Waals surface area contributed by atoms with Crippen LogP contribution in [0.4, 0.5) is 8.78 Å². The Kier molecular flexibility index (Phi) is 4.17. The molecule has 2 heterocycles. The molecule has 0 bridgehead atoms. The monoisotopic (exact) mass is 307 g/mol. The molecule has 0 unspecified atom stereocenters. The lowest BCUT2D eigenvalue weighted by Crippen LogP contribution is -2.31. The number of thioether (sulfide) groups is 1. The molecule has 0 radical (unpaired) electrons. The van der Waals surface area contributed by atoms with Crippen LogP contribution in [0.2, 0.25) is 0 Å². The van der Waals surface area contributed by atoms with Crippen LogP contribution in [0.15, 0.2) is 29.6 Å². The molecule has 0 amide bonds. The minimum Gasteiger partial charge on any atom is -0.294 e. The van der Waals surface area contributed by atoms with Gasteiger partial charge in [-0.25, -0.2) is 18.7 Å². The molecule has 21 heavy (non-hydrogen) atoms. The first-order valence-corrected chi connectivity index (χ1v) is 7.93. The van der Waals surface area contributed by atoms with Crippen molar-refractivity contribution < 1.29 is 8.78 Å². The lowest BCUT2D eigenvalue weighted by molar-refractivity contribution is 0.241. The Morgan fingerprint density at radius 1 is 1.29 bits per heavy atom. The summed E-state index contributed by atoms with van der Waals surface area (Å²) in [6, 6.07) is 4.07. The highest BCUT2D eigenvalue weighted by Crippen LogP contribution is 2.21. The van der Waals surface area contributed by atoms with Gasteiger partial charge in [-0.1, -0.05) is 17.8 Å². The normalized spacial score (nSPS) is 15.0. The fourth-order valence-corrected chi connectivity index (χ4v) is 2.85. The van der Waals surface area contributed by atoms with E-state index in [0.29, 0.717) is 6.54 Å². The lowest BCUT2D eigenvalue weighted by Gasteiger charge is -2.28. The average molecular weight is 307 g/mol. The number of benzene rings is 1. The number of hydrogen-bond acceptors (Lipinski definition) is 4. The second-order valence-corrected chi connectivity index (χ2v) is 5.81. The van der Waals surface area contributed by atoms with Crippen molar-refractivity contribution >= 4 is 11.8 Å². The van der Waals surface area contributed by atoms with Gasteiger partial charge in [-0.05, 0) is 24.0 Å². The Morgan fingerprint density at radius 3 is 2.90 bits per heavy atom. The molecule has 6 heteroatoms. The van der Waals surface area contributed by atoms with Crippen LogP contribution in [0.25, 0.3) is 0 Å². The molecule has 0 saturated carbocycles. The van der Waals surface area contributed by atoms with Crippen molar-refractivity contribution in [3.05, 3.63) is 52.9 Å². The zero-order chi connectivity index (χ0) is 14.8. The van der Waals surface area contributed by atoms with Crippen LogP contribution >= 0.6 is 11.8 Å². The molecule has 1 aromatic heterocycles. The van der Waals surface area contributed by atoms with Crippen molar-refractivity contribution in [2.45, 2.75) is 24.7 Å². The highest BCUT2D eigenvalue weighted by atomic mass is 32.2. The van der Waals surface area contributed by atoms with Crippen LogP contribution in [-0.2, 0) is 19.5 Å². The van der Waals surface area contributed by atoms with Gasteiger partial charge in [-0.2, -0.15) is 0 Å². The molecule has 0 N–H and O–H groups in total. The molecular formula is C15H15F2N3S. The summed E-state index contributed by atoms with van der Waals surface area (Å²) < 4.78 is 26.2. The van der Waals surface area contributed by atoms with Crippen molar-refractivity contribution in [2.24, 2.45) is 0 Å². The van der Waals surface area contributed by atoms with E-state index in [1.54, 1.807) is 6.07 Å². The van der Waals surface area contributed by atoms with Crippen LogP contribution < -0.4 is 0 Å². The van der Waals surface area contributed by atoms with Gasteiger partial charge in [0.2, 0.25) is 0 Å². The Hall–Kier alpha value is -1.53. The third kappa shape index (κ3) is 3.22. The van der Waals surface area contributed by atoms with Crippen molar-refractivity contribution in [3.63, 3.8) is 0 Å². The van der Waals surface area contributed by atoms with Gasteiger partial charge >= 0.3 is 0 Å². The molecule has 0 fully saturated rings. The number of hydrogen-bond donors (Lipinski definition) is 0. The molecule has 0 atom stereocenters. The molecule has 0 saturated heterocycles. The van der Waals surface area contributed by atoms with Gasteiger partial charge < -0.3 is 0 Å². The molecule has 2 aromatic rings. The number of rotatable bonds is 3. The predicted molar refractivity (Wildman–Crippen MR) is 78.0 cm³/mol. The summed E-state index contributed by atoms with van der Waals surface area (Å²) in [6.07, 6.45) is 4.68. The average Bonchev–Trinajstić information content (AvgIpc) is 2.50. The Bertz CT molecular complexity index is 663. The van der Waals surface area contributed by atoms with E-state index in [9.17, 15) is 8.78 Å². The third-order valence-electron chi connectivity index (χ3n) is 3.56. The van der Waals surface area contributed by atoms with E-state index in [-0.39, 0.29) is 0 Å². The first-order chi connectivity index (χ1) is 10.2. The van der Waals surface area contributed by atoms with Gasteiger partial charge in [0.15, 0.2) is 16.8 Å². The van der Waals surface area contributed by atoms with E-state index < -0.39 is 11.6 Å². The Morgan fingerprint density at radius 2 is 2.14 bits per heavy atom. The van der Waals surface area contributed by atoms with E-state index in [2.05, 4.69) is 14.9 Å². The number of aromatic nitrogens is 2. The Labute approximate surface area is 126 Å². The maximum Gasteiger partial charge on any atom is 0.187 e. The van der Waals surface area contributed by atoms with Crippen LogP contribution in [0.3, 0.4) is 0 Å². The number of nitrogens with zero attached hydrogens (tertiary/aromatic N) is 3. The molecule has 1 aromatic carbocycles. The summed E-state index contributed by atoms with van der Waals surface area (Å²) in [6.45, 7) is 2.20. The molecule has 0 spiro atoms. The topological polar surface area (TPSA) is 29.0 Å². The third-order valence-corrected chi connectivity index (χ3v) is 4.13. The highest BCUT2D eigenvalue weighted by Gasteiger charge is 2.18. The predicted octanol–water partition coefficient (Wildman–Crippen LogP) is 3.04. The zero-order valence-electron chi connectivity index (χ0n) is 11.6. The van der Waals surface area contributed by atoms with E-state index in [0.717, 1.165) is 41.5 Å². The molecule has 0 aliphatic carbocycles. The van der Waals surface area contributed by atoms with Gasteiger partial charge in [0.05, 0.1) is 5.69 Å². The van der Waals surface area contributed by atoms with Crippen molar-refractivity contribution in [1.82, 2.24) is 14.9 Å². The molecular weight excluding hydrogens is 292 g/mol. The van der Waals surface area contributed by atoms with Gasteiger partial charge in [-0.15, -0.1) is 0 Å². The van der Waals surface area contributed by atoms with Gasteiger partial charge in [0.1, 0.15) is 0 Å². The second kappa shape index (κ2) is 6.07. The molecule has 110 valence electrons. The summed E-state index contributed by atoms with van der Waals surface area (Å²) in [5.41, 5.74) is 2.98. The van der Waals surface area contributed by atoms with Crippen molar-refractivity contribution in [2.75, 3.05) is 12.8 Å². The van der Waals surface area contributed by atoms with E-state index in [4.69, 9.17) is 0 Å². The first kappa shape index (κ1) is 14.4. The summed E-state index contributed by atoms with van der Waals surface area (Å²) in [4.78, 5) is 11.0. The molecule has 1 aliphatic heterocycles. The summed E-state index contributed by atoms with van der Waals surface area (Å²) in [5, 5.41) is 0.794. The van der Waals surface area contributed by atoms with Crippen LogP contribution in [0.1, 0.15) is 16.8 Å². The maximum absolute atomic E-state index is 13.2. The van der Waals surface area contributed by atoms with Crippen LogP contribution in [0, 0.1) is 11.6 Å². The van der Waals surface area contributed by atoms with E-state index >= 15 is 0 Å². The summed E-state index contributed by atoms with van der Waals surface area (Å²) in [5.74, 6) is -1.60. The minimum absolute atomic E-state index is 0.598. The fraction of sp³-hybridized carbons (Fsp3) is 0.333. The summed E-state index contributed by atoms with van der Waals surface area (Å²) >= 11 is 1.53. The van der Waals surface area contributed by atoms with Crippen molar-refractivity contribution in [3.8, 4) is 0 Å². The Balaban J connectivity index is 1.72. The van der Waals surface area contributed by atoms with Crippen molar-refractivity contribution in [1.29, 1.82) is 0 Å². The molecule has 1 aliphatic rings. The number of halogens is 2. The first-order valence-electron chi connectivity index (χ1n) is 6.71. The van der Waals surface area contributed by atoms with Crippen LogP contribution in [0.5, 0.6) is 0 Å². The minimum atomic E-state index is -0.805. The smallest absolute Gasteiger partial charge is 0.187 e. The zero-order valence-corrected chi connectivity index (χ0v) is 12.5. The van der Waals surface area contributed by atoms with Gasteiger partial charge in [0.25, 0.3) is 0 Å². The standard InChI is InChI=1S/C15H15F2N3S/c1-21-15-18-7-11-9-20(5-4-14(11)19-15)8-10-2-3-12(16)13(17)6-10/h2-3,6-7H,4-5,8-9H2,1H3. The highest BCUT2D eigenvalue weighted by molar-refractivity contribution is 7.98. The van der Waals surface area contributed by atoms with E-state index in [1.807, 2.05) is 12.5 Å². The second-order valence-electron chi connectivity index (χ2n) is 5.04. The van der Waals surface area contributed by atoms with Gasteiger partial charge in [0, 0.05) is 37.8 Å². The fourth-order valence-electron chi connectivity index (χ4n) is 2.49. The lowest BCUT2D eigenvalue weighted by atomic mass is 10.1. The van der Waals surface area contributed by atoms with E-state index in [1.165, 1.54) is 23.9 Å². The van der Waals surface area contributed by atoms with Crippen LogP contribution in [-0.4, -0.2) is 27.7 Å². The summed E-state index contributed by atoms with van der Waals surface area (Å²) in [7, 11) is 0. The number of fused-ring (bicyclic) bond motifs is 1. The largest absolute Gasteiger partial charge is 0.294 e.